The van der Waals surface area contributed by atoms with Crippen LogP contribution in [0.3, 0.4) is 0 Å². The van der Waals surface area contributed by atoms with Gasteiger partial charge in [-0.2, -0.15) is 0 Å². The van der Waals surface area contributed by atoms with Crippen LogP contribution in [0.2, 0.25) is 0 Å². The lowest BCUT2D eigenvalue weighted by Gasteiger charge is -2.32. The topological polar surface area (TPSA) is 106 Å². The summed E-state index contributed by atoms with van der Waals surface area (Å²) >= 11 is 0. The first-order valence-corrected chi connectivity index (χ1v) is 9.44. The number of ether oxygens (including phenoxy) is 3. The van der Waals surface area contributed by atoms with Gasteiger partial charge in [0.15, 0.2) is 11.5 Å². The molecule has 1 aromatic rings. The number of carbonyl (C=O) groups excluding carboxylic acids is 3. The predicted octanol–water partition coefficient (Wildman–Crippen LogP) is 2.11. The number of rotatable bonds is 4. The zero-order valence-electron chi connectivity index (χ0n) is 17.5. The SMILES string of the molecule is COc1ccc(C(=O)NNC(=O)C2CCN(C(=O)OC(C)(C)C)CC2)cc1OC. The fourth-order valence-corrected chi connectivity index (χ4v) is 2.92. The van der Waals surface area contributed by atoms with Gasteiger partial charge in [-0.15, -0.1) is 0 Å². The van der Waals surface area contributed by atoms with E-state index in [4.69, 9.17) is 14.2 Å². The first-order chi connectivity index (χ1) is 13.6. The number of benzene rings is 1. The van der Waals surface area contributed by atoms with Crippen molar-refractivity contribution in [3.8, 4) is 11.5 Å². The van der Waals surface area contributed by atoms with Crippen molar-refractivity contribution in [3.05, 3.63) is 23.8 Å². The normalized spacial score (nSPS) is 14.7. The average Bonchev–Trinajstić information content (AvgIpc) is 2.70. The van der Waals surface area contributed by atoms with E-state index in [1.165, 1.54) is 20.3 Å². The number of likely N-dealkylation sites (tertiary alicyclic amines) is 1. The van der Waals surface area contributed by atoms with E-state index in [2.05, 4.69) is 10.9 Å². The average molecular weight is 407 g/mol. The highest BCUT2D eigenvalue weighted by molar-refractivity contribution is 5.96. The smallest absolute Gasteiger partial charge is 0.410 e. The lowest BCUT2D eigenvalue weighted by atomic mass is 9.96. The van der Waals surface area contributed by atoms with Crippen molar-refractivity contribution in [2.24, 2.45) is 5.92 Å². The van der Waals surface area contributed by atoms with E-state index >= 15 is 0 Å². The molecule has 1 heterocycles. The van der Waals surface area contributed by atoms with E-state index in [1.807, 2.05) is 20.8 Å². The minimum absolute atomic E-state index is 0.289. The van der Waals surface area contributed by atoms with Gasteiger partial charge in [0.1, 0.15) is 5.60 Å². The minimum atomic E-state index is -0.556. The monoisotopic (exact) mass is 407 g/mol. The standard InChI is InChI=1S/C20H29N3O6/c1-20(2,3)29-19(26)23-10-8-13(9-11-23)17(24)21-22-18(25)14-6-7-15(27-4)16(12-14)28-5/h6-7,12-13H,8-11H2,1-5H3,(H,21,24)(H,22,25). The molecule has 1 aromatic carbocycles. The predicted molar refractivity (Wildman–Crippen MR) is 106 cm³/mol. The molecule has 9 heteroatoms. The summed E-state index contributed by atoms with van der Waals surface area (Å²) in [5.41, 5.74) is 4.63. The van der Waals surface area contributed by atoms with Crippen LogP contribution in [0.1, 0.15) is 44.0 Å². The number of nitrogens with zero attached hydrogens (tertiary/aromatic N) is 1. The zero-order valence-corrected chi connectivity index (χ0v) is 17.5. The minimum Gasteiger partial charge on any atom is -0.493 e. The third kappa shape index (κ3) is 6.27. The second kappa shape index (κ2) is 9.49. The van der Waals surface area contributed by atoms with Gasteiger partial charge in [-0.05, 0) is 51.8 Å². The van der Waals surface area contributed by atoms with Gasteiger partial charge in [-0.1, -0.05) is 0 Å². The molecule has 1 aliphatic rings. The molecular weight excluding hydrogens is 378 g/mol. The molecule has 9 nitrogen and oxygen atoms in total. The molecule has 3 amide bonds. The summed E-state index contributed by atoms with van der Waals surface area (Å²) in [5, 5.41) is 0. The van der Waals surface area contributed by atoms with Crippen LogP contribution in [0.15, 0.2) is 18.2 Å². The van der Waals surface area contributed by atoms with Crippen LogP contribution >= 0.6 is 0 Å². The first kappa shape index (κ1) is 22.3. The van der Waals surface area contributed by atoms with Crippen molar-refractivity contribution in [2.75, 3.05) is 27.3 Å². The molecule has 0 saturated carbocycles. The highest BCUT2D eigenvalue weighted by atomic mass is 16.6. The fourth-order valence-electron chi connectivity index (χ4n) is 2.92. The van der Waals surface area contributed by atoms with E-state index < -0.39 is 11.5 Å². The molecule has 0 aliphatic carbocycles. The molecule has 0 aromatic heterocycles. The fraction of sp³-hybridized carbons (Fsp3) is 0.550. The Kier molecular flexibility index (Phi) is 7.30. The Balaban J connectivity index is 1.83. The quantitative estimate of drug-likeness (QED) is 0.741. The molecule has 2 N–H and O–H groups in total. The summed E-state index contributed by atoms with van der Waals surface area (Å²) in [6.45, 7) is 6.29. The lowest BCUT2D eigenvalue weighted by Crippen LogP contribution is -2.48. The van der Waals surface area contributed by atoms with Crippen molar-refractivity contribution in [1.29, 1.82) is 0 Å². The summed E-state index contributed by atoms with van der Waals surface area (Å²) in [6, 6.07) is 4.71. The van der Waals surface area contributed by atoms with Crippen molar-refractivity contribution in [2.45, 2.75) is 39.2 Å². The Hall–Kier alpha value is -2.97. The largest absolute Gasteiger partial charge is 0.493 e. The molecule has 29 heavy (non-hydrogen) atoms. The van der Waals surface area contributed by atoms with Crippen LogP contribution in [0.25, 0.3) is 0 Å². The summed E-state index contributed by atoms with van der Waals surface area (Å²) < 4.78 is 15.7. The van der Waals surface area contributed by atoms with Crippen molar-refractivity contribution >= 4 is 17.9 Å². The Morgan fingerprint density at radius 1 is 1.00 bits per heavy atom. The van der Waals surface area contributed by atoms with E-state index in [1.54, 1.807) is 17.0 Å². The van der Waals surface area contributed by atoms with Gasteiger partial charge in [0.05, 0.1) is 14.2 Å². The van der Waals surface area contributed by atoms with Crippen LogP contribution in [0.4, 0.5) is 4.79 Å². The summed E-state index contributed by atoms with van der Waals surface area (Å²) in [6.07, 6.45) is 0.618. The third-order valence-corrected chi connectivity index (χ3v) is 4.46. The van der Waals surface area contributed by atoms with Gasteiger partial charge in [0.2, 0.25) is 5.91 Å². The number of hydrogen-bond acceptors (Lipinski definition) is 6. The van der Waals surface area contributed by atoms with E-state index in [-0.39, 0.29) is 17.9 Å². The van der Waals surface area contributed by atoms with Crippen LogP contribution in [0.5, 0.6) is 11.5 Å². The Morgan fingerprint density at radius 2 is 1.62 bits per heavy atom. The first-order valence-electron chi connectivity index (χ1n) is 9.44. The number of methoxy groups -OCH3 is 2. The van der Waals surface area contributed by atoms with Crippen LogP contribution in [-0.4, -0.2) is 55.7 Å². The van der Waals surface area contributed by atoms with E-state index in [0.717, 1.165) is 0 Å². The van der Waals surface area contributed by atoms with Gasteiger partial charge in [0, 0.05) is 24.6 Å². The van der Waals surface area contributed by atoms with Gasteiger partial charge in [0.25, 0.3) is 5.91 Å². The molecule has 2 rings (SSSR count). The number of hydrazine groups is 1. The number of amides is 3. The Labute approximate surface area is 170 Å². The van der Waals surface area contributed by atoms with Gasteiger partial charge in [-0.25, -0.2) is 4.79 Å². The molecule has 0 atom stereocenters. The molecule has 1 saturated heterocycles. The molecule has 0 radical (unpaired) electrons. The second-order valence-corrected chi connectivity index (χ2v) is 7.75. The maximum atomic E-state index is 12.4. The third-order valence-electron chi connectivity index (χ3n) is 4.46. The van der Waals surface area contributed by atoms with Crippen molar-refractivity contribution < 1.29 is 28.6 Å². The zero-order chi connectivity index (χ0) is 21.6. The molecule has 0 spiro atoms. The maximum absolute atomic E-state index is 12.4. The number of nitrogens with one attached hydrogen (secondary N) is 2. The van der Waals surface area contributed by atoms with Crippen LogP contribution in [0, 0.1) is 5.92 Å². The summed E-state index contributed by atoms with van der Waals surface area (Å²) in [4.78, 5) is 38.3. The van der Waals surface area contributed by atoms with Crippen molar-refractivity contribution in [1.82, 2.24) is 15.8 Å². The Morgan fingerprint density at radius 3 is 2.17 bits per heavy atom. The number of hydrogen-bond donors (Lipinski definition) is 2. The summed E-state index contributed by atoms with van der Waals surface area (Å²) in [7, 11) is 2.98. The van der Waals surface area contributed by atoms with Gasteiger partial charge in [-0.3, -0.25) is 20.4 Å². The molecule has 1 fully saturated rings. The molecule has 160 valence electrons. The van der Waals surface area contributed by atoms with E-state index in [9.17, 15) is 14.4 Å². The molecule has 1 aliphatic heterocycles. The van der Waals surface area contributed by atoms with Gasteiger partial charge < -0.3 is 19.1 Å². The maximum Gasteiger partial charge on any atom is 0.410 e. The molecular formula is C20H29N3O6. The van der Waals surface area contributed by atoms with E-state index in [0.29, 0.717) is 43.0 Å². The van der Waals surface area contributed by atoms with Crippen molar-refractivity contribution in [3.63, 3.8) is 0 Å². The summed E-state index contributed by atoms with van der Waals surface area (Å²) in [5.74, 6) is -0.127. The Bertz CT molecular complexity index is 751. The molecule has 0 unspecified atom stereocenters. The highest BCUT2D eigenvalue weighted by Gasteiger charge is 2.30. The lowest BCUT2D eigenvalue weighted by molar-refractivity contribution is -0.127. The number of piperidine rings is 1. The second-order valence-electron chi connectivity index (χ2n) is 7.75. The van der Waals surface area contributed by atoms with Gasteiger partial charge >= 0.3 is 6.09 Å². The van der Waals surface area contributed by atoms with Crippen LogP contribution in [-0.2, 0) is 9.53 Å². The highest BCUT2D eigenvalue weighted by Crippen LogP contribution is 2.27. The molecule has 0 bridgehead atoms. The van der Waals surface area contributed by atoms with Crippen LogP contribution < -0.4 is 20.3 Å². The number of carbonyl (C=O) groups is 3.